The fourth-order valence-corrected chi connectivity index (χ4v) is 3.23. The lowest BCUT2D eigenvalue weighted by Gasteiger charge is -2.34. The van der Waals surface area contributed by atoms with Gasteiger partial charge < -0.3 is 15.1 Å². The second-order valence-electron chi connectivity index (χ2n) is 6.78. The van der Waals surface area contributed by atoms with Crippen LogP contribution in [0.1, 0.15) is 29.3 Å². The van der Waals surface area contributed by atoms with Crippen molar-refractivity contribution in [3.63, 3.8) is 0 Å². The van der Waals surface area contributed by atoms with Gasteiger partial charge in [0.05, 0.1) is 11.3 Å². The number of hydrogen-bond donors (Lipinski definition) is 1. The van der Waals surface area contributed by atoms with Gasteiger partial charge in [-0.15, -0.1) is 0 Å². The van der Waals surface area contributed by atoms with E-state index in [0.29, 0.717) is 31.7 Å². The predicted molar refractivity (Wildman–Crippen MR) is 106 cm³/mol. The molecule has 2 aromatic rings. The molecule has 1 aliphatic heterocycles. The maximum atomic E-state index is 12.7. The van der Waals surface area contributed by atoms with Crippen molar-refractivity contribution in [2.45, 2.75) is 19.8 Å². The minimum atomic E-state index is -0.0290. The summed E-state index contributed by atoms with van der Waals surface area (Å²) in [4.78, 5) is 31.9. The number of aryl methyl sites for hydroxylation is 1. The molecule has 1 aliphatic rings. The number of hydrogen-bond acceptors (Lipinski definition) is 4. The number of carbonyl (C=O) groups excluding carboxylic acids is 2. The first kappa shape index (κ1) is 18.9. The lowest BCUT2D eigenvalue weighted by molar-refractivity contribution is -0.130. The van der Waals surface area contributed by atoms with Crippen LogP contribution >= 0.6 is 0 Å². The number of carbonyl (C=O) groups is 2. The first-order valence-electron chi connectivity index (χ1n) is 9.41. The monoisotopic (exact) mass is 366 g/mol. The highest BCUT2D eigenvalue weighted by Crippen LogP contribution is 2.13. The van der Waals surface area contributed by atoms with Gasteiger partial charge in [-0.2, -0.15) is 0 Å². The number of pyridine rings is 1. The Balaban J connectivity index is 1.49. The van der Waals surface area contributed by atoms with Crippen LogP contribution < -0.4 is 5.32 Å². The summed E-state index contributed by atoms with van der Waals surface area (Å²) in [5.74, 6) is 0.0316. The lowest BCUT2D eigenvalue weighted by atomic mass is 10.1. The molecule has 2 amide bonds. The second kappa shape index (κ2) is 9.16. The van der Waals surface area contributed by atoms with E-state index < -0.39 is 0 Å². The van der Waals surface area contributed by atoms with Gasteiger partial charge in [-0.05, 0) is 24.5 Å². The minimum absolute atomic E-state index is 0.0290. The van der Waals surface area contributed by atoms with Crippen molar-refractivity contribution in [1.82, 2.24) is 14.8 Å². The number of nitrogens with one attached hydrogen (secondary N) is 1. The summed E-state index contributed by atoms with van der Waals surface area (Å²) in [6, 6.07) is 12.3. The maximum absolute atomic E-state index is 12.7. The molecule has 1 N–H and O–H groups in total. The third-order valence-corrected chi connectivity index (χ3v) is 4.81. The molecule has 0 unspecified atom stereocenters. The Morgan fingerprint density at radius 1 is 1.04 bits per heavy atom. The molecule has 0 radical (unpaired) electrons. The van der Waals surface area contributed by atoms with Gasteiger partial charge in [0.2, 0.25) is 5.91 Å². The van der Waals surface area contributed by atoms with Crippen LogP contribution in [0.3, 0.4) is 0 Å². The minimum Gasteiger partial charge on any atom is -0.384 e. The fourth-order valence-electron chi connectivity index (χ4n) is 3.23. The Bertz CT molecular complexity index is 771. The molecule has 27 heavy (non-hydrogen) atoms. The van der Waals surface area contributed by atoms with Gasteiger partial charge in [-0.3, -0.25) is 14.6 Å². The molecule has 3 rings (SSSR count). The summed E-state index contributed by atoms with van der Waals surface area (Å²) in [6.07, 6.45) is 5.37. The van der Waals surface area contributed by atoms with E-state index in [2.05, 4.69) is 34.6 Å². The standard InChI is InChI=1S/C21H26N4O2/c1-17(26)24-10-12-25(13-11-24)21(27)19-14-20(16-22-15-19)23-9-5-8-18-6-3-2-4-7-18/h2-4,6-7,14-16,23H,5,8-13H2,1H3. The van der Waals surface area contributed by atoms with Crippen LogP contribution in [0.2, 0.25) is 0 Å². The fraction of sp³-hybridized carbons (Fsp3) is 0.381. The van der Waals surface area contributed by atoms with Gasteiger partial charge in [0, 0.05) is 52.0 Å². The summed E-state index contributed by atoms with van der Waals surface area (Å²) in [5.41, 5.74) is 2.77. The molecular weight excluding hydrogens is 340 g/mol. The Morgan fingerprint density at radius 2 is 1.74 bits per heavy atom. The lowest BCUT2D eigenvalue weighted by Crippen LogP contribution is -2.50. The summed E-state index contributed by atoms with van der Waals surface area (Å²) < 4.78 is 0. The molecule has 0 bridgehead atoms. The molecular formula is C21H26N4O2. The number of amides is 2. The average molecular weight is 366 g/mol. The van der Waals surface area contributed by atoms with Crippen molar-refractivity contribution in [3.05, 3.63) is 59.9 Å². The summed E-state index contributed by atoms with van der Waals surface area (Å²) in [5, 5.41) is 3.35. The zero-order valence-corrected chi connectivity index (χ0v) is 15.7. The van der Waals surface area contributed by atoms with Gasteiger partial charge in [-0.1, -0.05) is 30.3 Å². The third-order valence-electron chi connectivity index (χ3n) is 4.81. The van der Waals surface area contributed by atoms with Crippen molar-refractivity contribution in [1.29, 1.82) is 0 Å². The van der Waals surface area contributed by atoms with Crippen LogP contribution in [0.25, 0.3) is 0 Å². The Kier molecular flexibility index (Phi) is 6.41. The summed E-state index contributed by atoms with van der Waals surface area (Å²) in [7, 11) is 0. The van der Waals surface area contributed by atoms with Crippen molar-refractivity contribution in [2.75, 3.05) is 38.0 Å². The smallest absolute Gasteiger partial charge is 0.255 e. The van der Waals surface area contributed by atoms with E-state index in [1.54, 1.807) is 29.1 Å². The van der Waals surface area contributed by atoms with Crippen LogP contribution in [0.5, 0.6) is 0 Å². The molecule has 1 aromatic carbocycles. The number of nitrogens with zero attached hydrogens (tertiary/aromatic N) is 3. The summed E-state index contributed by atoms with van der Waals surface area (Å²) in [6.45, 7) is 4.69. The van der Waals surface area contributed by atoms with E-state index in [-0.39, 0.29) is 11.8 Å². The van der Waals surface area contributed by atoms with E-state index in [4.69, 9.17) is 0 Å². The zero-order chi connectivity index (χ0) is 19.1. The number of piperazine rings is 1. The van der Waals surface area contributed by atoms with E-state index in [9.17, 15) is 9.59 Å². The van der Waals surface area contributed by atoms with Crippen LogP contribution in [-0.4, -0.2) is 59.3 Å². The highest BCUT2D eigenvalue weighted by atomic mass is 16.2. The average Bonchev–Trinajstić information content (AvgIpc) is 2.72. The first-order chi connectivity index (χ1) is 13.1. The second-order valence-corrected chi connectivity index (χ2v) is 6.78. The van der Waals surface area contributed by atoms with Crippen LogP contribution in [0, 0.1) is 0 Å². The first-order valence-corrected chi connectivity index (χ1v) is 9.41. The van der Waals surface area contributed by atoms with E-state index in [1.807, 2.05) is 12.1 Å². The molecule has 6 heteroatoms. The van der Waals surface area contributed by atoms with Crippen molar-refractivity contribution in [2.24, 2.45) is 0 Å². The number of aromatic nitrogens is 1. The van der Waals surface area contributed by atoms with Crippen molar-refractivity contribution >= 4 is 17.5 Å². The van der Waals surface area contributed by atoms with E-state index in [0.717, 1.165) is 25.1 Å². The number of anilines is 1. The molecule has 0 atom stereocenters. The van der Waals surface area contributed by atoms with Gasteiger partial charge in [0.1, 0.15) is 0 Å². The molecule has 1 saturated heterocycles. The predicted octanol–water partition coefficient (Wildman–Crippen LogP) is 2.43. The SMILES string of the molecule is CC(=O)N1CCN(C(=O)c2cncc(NCCCc3ccccc3)c2)CC1. The van der Waals surface area contributed by atoms with Gasteiger partial charge in [0.25, 0.3) is 5.91 Å². The van der Waals surface area contributed by atoms with Crippen LogP contribution in [0.4, 0.5) is 5.69 Å². The normalized spacial score (nSPS) is 14.1. The molecule has 1 fully saturated rings. The van der Waals surface area contributed by atoms with Gasteiger partial charge >= 0.3 is 0 Å². The highest BCUT2D eigenvalue weighted by molar-refractivity contribution is 5.95. The topological polar surface area (TPSA) is 65.5 Å². The highest BCUT2D eigenvalue weighted by Gasteiger charge is 2.23. The number of rotatable bonds is 6. The molecule has 1 aromatic heterocycles. The van der Waals surface area contributed by atoms with Crippen molar-refractivity contribution < 1.29 is 9.59 Å². The molecule has 142 valence electrons. The molecule has 0 aliphatic carbocycles. The van der Waals surface area contributed by atoms with E-state index >= 15 is 0 Å². The Labute approximate surface area is 160 Å². The Morgan fingerprint density at radius 3 is 2.44 bits per heavy atom. The maximum Gasteiger partial charge on any atom is 0.255 e. The van der Waals surface area contributed by atoms with E-state index in [1.165, 1.54) is 5.56 Å². The van der Waals surface area contributed by atoms with Gasteiger partial charge in [-0.25, -0.2) is 0 Å². The molecule has 6 nitrogen and oxygen atoms in total. The zero-order valence-electron chi connectivity index (χ0n) is 15.7. The Hall–Kier alpha value is -2.89. The molecule has 2 heterocycles. The summed E-state index contributed by atoms with van der Waals surface area (Å²) >= 11 is 0. The number of benzene rings is 1. The van der Waals surface area contributed by atoms with Crippen LogP contribution in [-0.2, 0) is 11.2 Å². The van der Waals surface area contributed by atoms with Crippen LogP contribution in [0.15, 0.2) is 48.8 Å². The quantitative estimate of drug-likeness (QED) is 0.798. The molecule has 0 spiro atoms. The molecule has 0 saturated carbocycles. The van der Waals surface area contributed by atoms with Crippen molar-refractivity contribution in [3.8, 4) is 0 Å². The van der Waals surface area contributed by atoms with Gasteiger partial charge in [0.15, 0.2) is 0 Å². The third kappa shape index (κ3) is 5.29. The largest absolute Gasteiger partial charge is 0.384 e.